The van der Waals surface area contributed by atoms with Crippen LogP contribution in [0.15, 0.2) is 30.3 Å². The van der Waals surface area contributed by atoms with Crippen LogP contribution in [0.2, 0.25) is 0 Å². The first kappa shape index (κ1) is 16.1. The molecule has 1 aromatic rings. The topological polar surface area (TPSA) is 26.3 Å². The van der Waals surface area contributed by atoms with Crippen molar-refractivity contribution in [1.82, 2.24) is 0 Å². The molecule has 2 rings (SSSR count). The molecule has 0 aliphatic heterocycles. The zero-order valence-electron chi connectivity index (χ0n) is 13.7. The smallest absolute Gasteiger partial charge is 0.313 e. The summed E-state index contributed by atoms with van der Waals surface area (Å²) in [6, 6.07) is 9.90. The lowest BCUT2D eigenvalue weighted by Crippen LogP contribution is -2.36. The molecule has 1 saturated carbocycles. The average Bonchev–Trinajstić information content (AvgIpc) is 2.47. The number of carbonyl (C=O) groups excluding carboxylic acids is 1. The van der Waals surface area contributed by atoms with Crippen molar-refractivity contribution in [3.63, 3.8) is 0 Å². The second kappa shape index (κ2) is 7.11. The molecule has 4 atom stereocenters. The van der Waals surface area contributed by atoms with Gasteiger partial charge in [0.25, 0.3) is 0 Å². The molecule has 1 unspecified atom stereocenters. The third kappa shape index (κ3) is 4.09. The zero-order chi connectivity index (χ0) is 15.4. The summed E-state index contributed by atoms with van der Waals surface area (Å²) in [6.45, 7) is 8.68. The quantitative estimate of drug-likeness (QED) is 0.744. The Morgan fingerprint density at radius 2 is 1.81 bits per heavy atom. The van der Waals surface area contributed by atoms with Crippen LogP contribution in [0.1, 0.15) is 58.4 Å². The van der Waals surface area contributed by atoms with Gasteiger partial charge in [0.15, 0.2) is 0 Å². The van der Waals surface area contributed by atoms with Crippen LogP contribution in [0, 0.1) is 17.8 Å². The molecule has 0 saturated heterocycles. The molecule has 1 aliphatic carbocycles. The van der Waals surface area contributed by atoms with Crippen LogP contribution in [-0.2, 0) is 9.53 Å². The van der Waals surface area contributed by atoms with E-state index in [1.807, 2.05) is 37.3 Å². The van der Waals surface area contributed by atoms with Gasteiger partial charge in [0.2, 0.25) is 0 Å². The Hall–Kier alpha value is -1.31. The monoisotopic (exact) mass is 288 g/mol. The number of ether oxygens (including phenoxy) is 1. The van der Waals surface area contributed by atoms with Gasteiger partial charge in [-0.3, -0.25) is 4.79 Å². The molecular formula is C19H28O2. The van der Waals surface area contributed by atoms with Crippen molar-refractivity contribution in [3.8, 4) is 0 Å². The molecule has 0 spiro atoms. The number of carbonyl (C=O) groups is 1. The third-order valence-corrected chi connectivity index (χ3v) is 4.88. The van der Waals surface area contributed by atoms with Crippen molar-refractivity contribution >= 4 is 5.97 Å². The summed E-state index contributed by atoms with van der Waals surface area (Å²) < 4.78 is 5.91. The van der Waals surface area contributed by atoms with Gasteiger partial charge >= 0.3 is 5.97 Å². The van der Waals surface area contributed by atoms with Crippen LogP contribution >= 0.6 is 0 Å². The van der Waals surface area contributed by atoms with Gasteiger partial charge in [-0.1, -0.05) is 57.5 Å². The Bertz CT molecular complexity index is 452. The summed E-state index contributed by atoms with van der Waals surface area (Å²) in [4.78, 5) is 12.5. The predicted octanol–water partition coefficient (Wildman–Crippen LogP) is 4.79. The Morgan fingerprint density at radius 3 is 2.43 bits per heavy atom. The highest BCUT2D eigenvalue weighted by atomic mass is 16.5. The fourth-order valence-electron chi connectivity index (χ4n) is 3.38. The van der Waals surface area contributed by atoms with Crippen LogP contribution in [0.5, 0.6) is 0 Å². The summed E-state index contributed by atoms with van der Waals surface area (Å²) in [5.41, 5.74) is 1.03. The minimum Gasteiger partial charge on any atom is -0.462 e. The lowest BCUT2D eigenvalue weighted by atomic mass is 9.75. The number of hydrogen-bond donors (Lipinski definition) is 0. The van der Waals surface area contributed by atoms with E-state index in [9.17, 15) is 4.79 Å². The summed E-state index contributed by atoms with van der Waals surface area (Å²) in [5.74, 6) is 1.47. The van der Waals surface area contributed by atoms with Gasteiger partial charge < -0.3 is 4.74 Å². The van der Waals surface area contributed by atoms with Crippen molar-refractivity contribution in [2.24, 2.45) is 17.8 Å². The lowest BCUT2D eigenvalue weighted by Gasteiger charge is -2.37. The normalized spacial score (nSPS) is 27.4. The SMILES string of the molecule is CC(C(=O)O[C@@H]1C[C@H](C)CC[C@H]1C(C)C)c1ccccc1. The maximum absolute atomic E-state index is 12.5. The second-order valence-electron chi connectivity index (χ2n) is 6.93. The van der Waals surface area contributed by atoms with E-state index in [0.717, 1.165) is 12.0 Å². The molecule has 0 aromatic heterocycles. The second-order valence-corrected chi connectivity index (χ2v) is 6.93. The van der Waals surface area contributed by atoms with Gasteiger partial charge in [-0.05, 0) is 43.1 Å². The third-order valence-electron chi connectivity index (χ3n) is 4.88. The fraction of sp³-hybridized carbons (Fsp3) is 0.632. The molecule has 0 heterocycles. The van der Waals surface area contributed by atoms with Crippen LogP contribution in [-0.4, -0.2) is 12.1 Å². The van der Waals surface area contributed by atoms with E-state index >= 15 is 0 Å². The zero-order valence-corrected chi connectivity index (χ0v) is 13.7. The van der Waals surface area contributed by atoms with Crippen LogP contribution < -0.4 is 0 Å². The summed E-state index contributed by atoms with van der Waals surface area (Å²) in [7, 11) is 0. The first-order valence-corrected chi connectivity index (χ1v) is 8.24. The predicted molar refractivity (Wildman–Crippen MR) is 86.1 cm³/mol. The van der Waals surface area contributed by atoms with Crippen molar-refractivity contribution in [2.45, 2.75) is 59.0 Å². The van der Waals surface area contributed by atoms with Gasteiger partial charge in [0.1, 0.15) is 6.10 Å². The molecule has 2 heteroatoms. The number of benzene rings is 1. The van der Waals surface area contributed by atoms with E-state index in [0.29, 0.717) is 17.8 Å². The summed E-state index contributed by atoms with van der Waals surface area (Å²) in [5, 5.41) is 0. The Morgan fingerprint density at radius 1 is 1.14 bits per heavy atom. The minimum absolute atomic E-state index is 0.0778. The molecule has 1 aromatic carbocycles. The van der Waals surface area contributed by atoms with Crippen molar-refractivity contribution < 1.29 is 9.53 Å². The largest absolute Gasteiger partial charge is 0.462 e. The maximum Gasteiger partial charge on any atom is 0.313 e. The minimum atomic E-state index is -0.184. The molecule has 1 fully saturated rings. The van der Waals surface area contributed by atoms with Crippen molar-refractivity contribution in [1.29, 1.82) is 0 Å². The lowest BCUT2D eigenvalue weighted by molar-refractivity contribution is -0.157. The highest BCUT2D eigenvalue weighted by molar-refractivity contribution is 5.77. The van der Waals surface area contributed by atoms with Gasteiger partial charge in [-0.15, -0.1) is 0 Å². The Balaban J connectivity index is 2.02. The number of esters is 1. The molecule has 1 aliphatic rings. The van der Waals surface area contributed by atoms with Gasteiger partial charge in [-0.25, -0.2) is 0 Å². The van der Waals surface area contributed by atoms with E-state index in [2.05, 4.69) is 20.8 Å². The highest BCUT2D eigenvalue weighted by Gasteiger charge is 2.34. The molecule has 0 N–H and O–H groups in total. The molecule has 21 heavy (non-hydrogen) atoms. The van der Waals surface area contributed by atoms with Crippen LogP contribution in [0.4, 0.5) is 0 Å². The van der Waals surface area contributed by atoms with E-state index in [1.165, 1.54) is 12.8 Å². The number of hydrogen-bond acceptors (Lipinski definition) is 2. The molecule has 0 bridgehead atoms. The Labute approximate surface area is 128 Å². The van der Waals surface area contributed by atoms with Gasteiger partial charge in [0, 0.05) is 0 Å². The maximum atomic E-state index is 12.5. The van der Waals surface area contributed by atoms with Crippen LogP contribution in [0.25, 0.3) is 0 Å². The fourth-order valence-corrected chi connectivity index (χ4v) is 3.38. The Kier molecular flexibility index (Phi) is 5.44. The highest BCUT2D eigenvalue weighted by Crippen LogP contribution is 2.36. The molecule has 2 nitrogen and oxygen atoms in total. The van der Waals surface area contributed by atoms with Crippen molar-refractivity contribution in [3.05, 3.63) is 35.9 Å². The van der Waals surface area contributed by atoms with E-state index in [-0.39, 0.29) is 18.0 Å². The van der Waals surface area contributed by atoms with Gasteiger partial charge in [0.05, 0.1) is 5.92 Å². The molecule has 0 amide bonds. The summed E-state index contributed by atoms with van der Waals surface area (Å²) >= 11 is 0. The number of rotatable bonds is 4. The first-order valence-electron chi connectivity index (χ1n) is 8.24. The first-order chi connectivity index (χ1) is 9.99. The molecule has 0 radical (unpaired) electrons. The van der Waals surface area contributed by atoms with Crippen LogP contribution in [0.3, 0.4) is 0 Å². The van der Waals surface area contributed by atoms with E-state index in [4.69, 9.17) is 4.74 Å². The van der Waals surface area contributed by atoms with E-state index in [1.54, 1.807) is 0 Å². The standard InChI is InChI=1S/C19H28O2/c1-13(2)17-11-10-14(3)12-18(17)21-19(20)15(4)16-8-6-5-7-9-16/h5-9,13-15,17-18H,10-12H2,1-4H3/t14-,15?,17+,18-/m1/s1. The molecule has 116 valence electrons. The summed E-state index contributed by atoms with van der Waals surface area (Å²) in [6.07, 6.45) is 3.53. The van der Waals surface area contributed by atoms with Gasteiger partial charge in [-0.2, -0.15) is 0 Å². The molecular weight excluding hydrogens is 260 g/mol. The van der Waals surface area contributed by atoms with E-state index < -0.39 is 0 Å². The average molecular weight is 288 g/mol. The van der Waals surface area contributed by atoms with Crippen molar-refractivity contribution in [2.75, 3.05) is 0 Å².